The van der Waals surface area contributed by atoms with Gasteiger partial charge in [0.2, 0.25) is 11.7 Å². The molecule has 0 aromatic carbocycles. The Morgan fingerprint density at radius 3 is 2.59 bits per heavy atom. The third kappa shape index (κ3) is 3.17. The standard InChI is InChI=1S/C21H18N4O5S.Na/c1-9-13(17(21(29)30)25-16(9)14(10(2)26)19(25)28)12-7-24-8-23-15(20(24)31-12)18(27)11-3-5-22-6-4-11;/h3-10,14,16,26H,1-2H3,(H,29,30);/q;+1/p-1/t9-,10+,14+,16+;/m0./s1. The predicted octanol–water partition coefficient (Wildman–Crippen LogP) is -2.66. The van der Waals surface area contributed by atoms with E-state index in [-0.39, 0.29) is 52.6 Å². The largest absolute Gasteiger partial charge is 1.00 e. The molecule has 0 spiro atoms. The maximum atomic E-state index is 12.9. The minimum absolute atomic E-state index is 0. The van der Waals surface area contributed by atoms with Gasteiger partial charge in [0.25, 0.3) is 0 Å². The summed E-state index contributed by atoms with van der Waals surface area (Å²) in [6, 6.07) is 2.77. The van der Waals surface area contributed by atoms with Crippen LogP contribution in [0.3, 0.4) is 0 Å². The summed E-state index contributed by atoms with van der Waals surface area (Å²) >= 11 is 1.23. The maximum Gasteiger partial charge on any atom is 1.00 e. The van der Waals surface area contributed by atoms with Gasteiger partial charge in [0.1, 0.15) is 16.9 Å². The average Bonchev–Trinajstić information content (AvgIpc) is 3.37. The van der Waals surface area contributed by atoms with Crippen LogP contribution in [0.25, 0.3) is 10.4 Å². The molecule has 1 amide bonds. The molecule has 0 aliphatic carbocycles. The van der Waals surface area contributed by atoms with Crippen LogP contribution < -0.4 is 34.7 Å². The number of carbonyl (C=O) groups excluding carboxylic acids is 3. The zero-order chi connectivity index (χ0) is 22.0. The zero-order valence-corrected chi connectivity index (χ0v) is 20.4. The molecule has 9 nitrogen and oxygen atoms in total. The molecule has 0 radical (unpaired) electrons. The molecule has 3 aromatic rings. The van der Waals surface area contributed by atoms with Gasteiger partial charge in [0.15, 0.2) is 0 Å². The Bertz CT molecular complexity index is 1280. The van der Waals surface area contributed by atoms with Crippen molar-refractivity contribution in [2.75, 3.05) is 0 Å². The summed E-state index contributed by atoms with van der Waals surface area (Å²) in [6.45, 7) is 3.36. The summed E-state index contributed by atoms with van der Waals surface area (Å²) in [6.07, 6.45) is 5.38. The van der Waals surface area contributed by atoms with Gasteiger partial charge in [-0.1, -0.05) is 6.92 Å². The Labute approximate surface area is 208 Å². The number of thiazole rings is 1. The second kappa shape index (κ2) is 8.20. The number of rotatable bonds is 5. The molecular weight excluding hydrogens is 443 g/mol. The van der Waals surface area contributed by atoms with Crippen LogP contribution in [-0.2, 0) is 9.59 Å². The first kappa shape index (κ1) is 22.8. The van der Waals surface area contributed by atoms with Gasteiger partial charge in [0, 0.05) is 35.6 Å². The first-order valence-electron chi connectivity index (χ1n) is 9.69. The number of β-lactam (4-membered cyclic amide) rings is 1. The van der Waals surface area contributed by atoms with E-state index in [2.05, 4.69) is 9.97 Å². The molecule has 1 saturated heterocycles. The molecule has 11 heteroatoms. The van der Waals surface area contributed by atoms with Crippen molar-refractivity contribution in [2.45, 2.75) is 26.0 Å². The third-order valence-electron chi connectivity index (χ3n) is 6.00. The molecular formula is C21H17N4NaO5S. The number of imidazole rings is 1. The first-order valence-corrected chi connectivity index (χ1v) is 10.5. The van der Waals surface area contributed by atoms with E-state index >= 15 is 0 Å². The number of aliphatic hydroxyl groups is 1. The van der Waals surface area contributed by atoms with E-state index in [1.807, 2.05) is 6.92 Å². The Morgan fingerprint density at radius 2 is 1.97 bits per heavy atom. The van der Waals surface area contributed by atoms with E-state index in [1.54, 1.807) is 22.7 Å². The quantitative estimate of drug-likeness (QED) is 0.250. The van der Waals surface area contributed by atoms with Crippen LogP contribution in [0.2, 0.25) is 0 Å². The van der Waals surface area contributed by atoms with E-state index in [9.17, 15) is 24.6 Å². The summed E-state index contributed by atoms with van der Waals surface area (Å²) in [5.74, 6) is -3.09. The van der Waals surface area contributed by atoms with Gasteiger partial charge < -0.3 is 19.9 Å². The van der Waals surface area contributed by atoms with Gasteiger partial charge in [-0.2, -0.15) is 0 Å². The Kier molecular flexibility index (Phi) is 5.84. The fraction of sp³-hybridized carbons (Fsp3) is 0.286. The Morgan fingerprint density at radius 1 is 1.28 bits per heavy atom. The topological polar surface area (TPSA) is 128 Å². The maximum absolute atomic E-state index is 12.9. The number of aromatic nitrogens is 3. The summed E-state index contributed by atoms with van der Waals surface area (Å²) in [5, 5.41) is 22.0. The van der Waals surface area contributed by atoms with E-state index in [0.717, 1.165) is 0 Å². The van der Waals surface area contributed by atoms with Gasteiger partial charge in [-0.05, 0) is 19.1 Å². The number of carboxylic acid groups (broad SMARTS) is 1. The van der Waals surface area contributed by atoms with Gasteiger partial charge in [-0.3, -0.25) is 19.0 Å². The number of aliphatic carboxylic acids is 1. The summed E-state index contributed by atoms with van der Waals surface area (Å²) in [4.78, 5) is 47.9. The van der Waals surface area contributed by atoms with Crippen molar-refractivity contribution in [3.05, 3.63) is 58.9 Å². The van der Waals surface area contributed by atoms with Crippen molar-refractivity contribution in [3.63, 3.8) is 0 Å². The molecule has 1 N–H and O–H groups in total. The fourth-order valence-electron chi connectivity index (χ4n) is 4.60. The monoisotopic (exact) mass is 460 g/mol. The molecule has 0 unspecified atom stereocenters. The van der Waals surface area contributed by atoms with Crippen molar-refractivity contribution in [3.8, 4) is 0 Å². The number of carbonyl (C=O) groups is 3. The number of hydrogen-bond donors (Lipinski definition) is 1. The molecule has 5 rings (SSSR count). The SMILES string of the molecule is C[C@@H](O)[C@H]1C(=O)N2C(C(=O)[O-])=C(c3cn4cnc(C(=O)c5ccncc5)c4s3)[C@H](C)[C@H]12.[Na+]. The molecule has 158 valence electrons. The molecule has 1 fully saturated rings. The van der Waals surface area contributed by atoms with E-state index in [1.165, 1.54) is 41.9 Å². The minimum Gasteiger partial charge on any atom is -0.543 e. The van der Waals surface area contributed by atoms with Crippen LogP contribution in [-0.4, -0.2) is 54.2 Å². The number of pyridine rings is 1. The minimum atomic E-state index is -1.44. The first-order chi connectivity index (χ1) is 14.8. The predicted molar refractivity (Wildman–Crippen MR) is 108 cm³/mol. The van der Waals surface area contributed by atoms with E-state index in [0.29, 0.717) is 20.8 Å². The molecule has 4 atom stereocenters. The summed E-state index contributed by atoms with van der Waals surface area (Å²) in [7, 11) is 0. The second-order valence-corrected chi connectivity index (χ2v) is 8.80. The normalized spacial score (nSPS) is 23.0. The van der Waals surface area contributed by atoms with Crippen molar-refractivity contribution in [1.82, 2.24) is 19.3 Å². The van der Waals surface area contributed by atoms with Crippen molar-refractivity contribution in [1.29, 1.82) is 0 Å². The van der Waals surface area contributed by atoms with E-state index < -0.39 is 29.9 Å². The van der Waals surface area contributed by atoms with Crippen LogP contribution in [0, 0.1) is 11.8 Å². The van der Waals surface area contributed by atoms with Crippen LogP contribution in [0.1, 0.15) is 34.8 Å². The number of ketones is 1. The van der Waals surface area contributed by atoms with E-state index in [4.69, 9.17) is 0 Å². The fourth-order valence-corrected chi connectivity index (χ4v) is 5.82. The Balaban J connectivity index is 0.00000245. The number of fused-ring (bicyclic) bond motifs is 2. The van der Waals surface area contributed by atoms with Crippen molar-refractivity contribution < 1.29 is 54.2 Å². The average molecular weight is 460 g/mol. The molecule has 0 bridgehead atoms. The van der Waals surface area contributed by atoms with Gasteiger partial charge in [0.05, 0.1) is 34.6 Å². The zero-order valence-electron chi connectivity index (χ0n) is 17.6. The number of hydrogen-bond acceptors (Lipinski definition) is 8. The van der Waals surface area contributed by atoms with Crippen LogP contribution in [0.5, 0.6) is 0 Å². The number of amides is 1. The smallest absolute Gasteiger partial charge is 0.543 e. The number of nitrogens with zero attached hydrogens (tertiary/aromatic N) is 4. The number of carboxylic acids is 1. The molecule has 2 aliphatic rings. The van der Waals surface area contributed by atoms with Gasteiger partial charge in [-0.15, -0.1) is 11.3 Å². The third-order valence-corrected chi connectivity index (χ3v) is 7.14. The number of aliphatic hydroxyl groups excluding tert-OH is 1. The summed E-state index contributed by atoms with van der Waals surface area (Å²) in [5.41, 5.74) is 1.00. The van der Waals surface area contributed by atoms with Crippen LogP contribution >= 0.6 is 11.3 Å². The molecule has 32 heavy (non-hydrogen) atoms. The molecule has 0 saturated carbocycles. The van der Waals surface area contributed by atoms with Crippen molar-refractivity contribution in [2.24, 2.45) is 11.8 Å². The van der Waals surface area contributed by atoms with Gasteiger partial charge >= 0.3 is 29.6 Å². The van der Waals surface area contributed by atoms with Gasteiger partial charge in [-0.25, -0.2) is 4.98 Å². The van der Waals surface area contributed by atoms with Crippen molar-refractivity contribution >= 4 is 39.4 Å². The second-order valence-electron chi connectivity index (χ2n) is 7.77. The summed E-state index contributed by atoms with van der Waals surface area (Å²) < 4.78 is 1.67. The molecule has 5 heterocycles. The molecule has 3 aromatic heterocycles. The van der Waals surface area contributed by atoms with Crippen LogP contribution in [0.4, 0.5) is 0 Å². The van der Waals surface area contributed by atoms with Crippen LogP contribution in [0.15, 0.2) is 42.7 Å². The molecule has 2 aliphatic heterocycles. The Hall–Kier alpha value is -2.37.